The number of thiocarbonyl (C=S) groups is 1. The van der Waals surface area contributed by atoms with Crippen molar-refractivity contribution in [3.8, 4) is 11.4 Å². The van der Waals surface area contributed by atoms with Gasteiger partial charge in [-0.15, -0.1) is 0 Å². The minimum atomic E-state index is -0.146. The predicted octanol–water partition coefficient (Wildman–Crippen LogP) is 6.64. The van der Waals surface area contributed by atoms with Crippen LogP contribution >= 0.6 is 23.8 Å². The molecule has 7 heteroatoms. The molecule has 1 aliphatic rings. The van der Waals surface area contributed by atoms with E-state index >= 15 is 0 Å². The monoisotopic (exact) mass is 502 g/mol. The number of hydrogen-bond donors (Lipinski definition) is 2. The van der Waals surface area contributed by atoms with Gasteiger partial charge >= 0.3 is 0 Å². The van der Waals surface area contributed by atoms with Crippen LogP contribution in [0.1, 0.15) is 45.9 Å². The number of pyridine rings is 1. The number of aromatic nitrogens is 2. The lowest BCUT2D eigenvalue weighted by molar-refractivity contribution is 0.471. The average Bonchev–Trinajstić information content (AvgIpc) is 3.33. The Morgan fingerprint density at radius 3 is 2.49 bits per heavy atom. The molecule has 0 saturated carbocycles. The molecular formula is C28H27ClN4OS. The Morgan fingerprint density at radius 1 is 0.971 bits per heavy atom. The molecule has 0 aliphatic carbocycles. The number of nitrogens with one attached hydrogen (secondary N) is 1. The molecule has 5 rings (SSSR count). The smallest absolute Gasteiger partial charge is 0.174 e. The lowest BCUT2D eigenvalue weighted by Gasteiger charge is -2.28. The van der Waals surface area contributed by atoms with E-state index in [1.807, 2.05) is 35.9 Å². The molecule has 1 fully saturated rings. The van der Waals surface area contributed by atoms with E-state index in [1.165, 1.54) is 11.1 Å². The zero-order chi connectivity index (χ0) is 24.9. The zero-order valence-electron chi connectivity index (χ0n) is 20.1. The molecule has 4 aromatic rings. The van der Waals surface area contributed by atoms with Gasteiger partial charge in [-0.05, 0) is 105 Å². The van der Waals surface area contributed by atoms with Crippen LogP contribution in [0.25, 0.3) is 5.69 Å². The summed E-state index contributed by atoms with van der Waals surface area (Å²) in [5.41, 5.74) is 8.14. The summed E-state index contributed by atoms with van der Waals surface area (Å²) in [6.07, 6.45) is 1.81. The topological polar surface area (TPSA) is 53.3 Å². The molecule has 1 aliphatic heterocycles. The van der Waals surface area contributed by atoms with Crippen LogP contribution in [0, 0.1) is 27.7 Å². The fourth-order valence-corrected chi connectivity index (χ4v) is 5.47. The van der Waals surface area contributed by atoms with E-state index in [0.29, 0.717) is 15.8 Å². The van der Waals surface area contributed by atoms with E-state index in [-0.39, 0.29) is 17.8 Å². The average molecular weight is 503 g/mol. The van der Waals surface area contributed by atoms with Crippen molar-refractivity contribution in [2.75, 3.05) is 4.90 Å². The maximum absolute atomic E-state index is 10.6. The van der Waals surface area contributed by atoms with E-state index < -0.39 is 0 Å². The molecule has 2 atom stereocenters. The first-order valence-electron chi connectivity index (χ1n) is 11.5. The Morgan fingerprint density at radius 2 is 1.77 bits per heavy atom. The molecule has 5 nitrogen and oxygen atoms in total. The van der Waals surface area contributed by atoms with Gasteiger partial charge in [0.15, 0.2) is 5.11 Å². The number of nitrogens with zero attached hydrogens (tertiary/aromatic N) is 3. The summed E-state index contributed by atoms with van der Waals surface area (Å²) in [4.78, 5) is 6.85. The highest BCUT2D eigenvalue weighted by molar-refractivity contribution is 7.80. The minimum absolute atomic E-state index is 0.138. The van der Waals surface area contributed by atoms with Gasteiger partial charge in [-0.3, -0.25) is 4.98 Å². The number of aromatic hydroxyl groups is 1. The van der Waals surface area contributed by atoms with Crippen molar-refractivity contribution in [1.29, 1.82) is 0 Å². The Balaban J connectivity index is 1.71. The lowest BCUT2D eigenvalue weighted by atomic mass is 9.96. The number of hydrogen-bond acceptors (Lipinski definition) is 3. The molecule has 2 aromatic heterocycles. The summed E-state index contributed by atoms with van der Waals surface area (Å²) in [7, 11) is 0. The van der Waals surface area contributed by atoms with Crippen LogP contribution in [0.2, 0.25) is 5.02 Å². The number of benzene rings is 2. The largest absolute Gasteiger partial charge is 0.506 e. The van der Waals surface area contributed by atoms with Crippen LogP contribution in [0.5, 0.6) is 5.75 Å². The number of anilines is 1. The highest BCUT2D eigenvalue weighted by atomic mass is 35.5. The van der Waals surface area contributed by atoms with Crippen LogP contribution < -0.4 is 10.2 Å². The number of aryl methyl sites for hydroxylation is 3. The minimum Gasteiger partial charge on any atom is -0.506 e. The van der Waals surface area contributed by atoms with Crippen molar-refractivity contribution in [3.63, 3.8) is 0 Å². The van der Waals surface area contributed by atoms with Crippen molar-refractivity contribution in [2.45, 2.75) is 39.8 Å². The number of halogens is 1. The highest BCUT2D eigenvalue weighted by Crippen LogP contribution is 2.44. The summed E-state index contributed by atoms with van der Waals surface area (Å²) < 4.78 is 2.05. The molecule has 178 valence electrons. The molecule has 2 N–H and O–H groups in total. The molecule has 35 heavy (non-hydrogen) atoms. The summed E-state index contributed by atoms with van der Waals surface area (Å²) in [6, 6.07) is 19.4. The van der Waals surface area contributed by atoms with E-state index in [1.54, 1.807) is 18.2 Å². The van der Waals surface area contributed by atoms with E-state index in [9.17, 15) is 5.11 Å². The molecule has 0 spiro atoms. The molecule has 0 bridgehead atoms. The van der Waals surface area contributed by atoms with Crippen LogP contribution in [0.4, 0.5) is 5.69 Å². The first-order valence-corrected chi connectivity index (χ1v) is 12.3. The summed E-state index contributed by atoms with van der Waals surface area (Å²) in [5.74, 6) is 0.176. The summed E-state index contributed by atoms with van der Waals surface area (Å²) >= 11 is 12.2. The number of phenolic OH excluding ortho intramolecular Hbond substituents is 1. The van der Waals surface area contributed by atoms with Gasteiger partial charge in [-0.2, -0.15) is 0 Å². The predicted molar refractivity (Wildman–Crippen MR) is 146 cm³/mol. The van der Waals surface area contributed by atoms with Crippen LogP contribution in [-0.2, 0) is 0 Å². The fourth-order valence-electron chi connectivity index (χ4n) is 4.96. The molecule has 0 amide bonds. The normalized spacial score (nSPS) is 17.6. The fraction of sp³-hybridized carbons (Fsp3) is 0.214. The van der Waals surface area contributed by atoms with E-state index in [0.717, 1.165) is 28.3 Å². The number of rotatable bonds is 4. The van der Waals surface area contributed by atoms with Gasteiger partial charge in [0.05, 0.1) is 23.5 Å². The van der Waals surface area contributed by atoms with Crippen molar-refractivity contribution < 1.29 is 5.11 Å². The SMILES string of the molecule is Cc1ccc(N2C(=S)NC(c3ccccn3)C2c2cc(C)n(-c3cc(Cl)ccc3O)c2C)cc1C. The maximum Gasteiger partial charge on any atom is 0.174 e. The molecule has 0 radical (unpaired) electrons. The van der Waals surface area contributed by atoms with Gasteiger partial charge in [-0.1, -0.05) is 23.7 Å². The zero-order valence-corrected chi connectivity index (χ0v) is 21.7. The molecule has 2 unspecified atom stereocenters. The third-order valence-electron chi connectivity index (χ3n) is 6.83. The summed E-state index contributed by atoms with van der Waals surface area (Å²) in [6.45, 7) is 8.33. The van der Waals surface area contributed by atoms with Crippen molar-refractivity contribution in [2.24, 2.45) is 0 Å². The molecule has 2 aromatic carbocycles. The number of phenols is 1. The third kappa shape index (κ3) is 4.07. The van der Waals surface area contributed by atoms with Gasteiger partial charge in [0.25, 0.3) is 0 Å². The Kier molecular flexibility index (Phi) is 6.03. The second-order valence-corrected chi connectivity index (χ2v) is 9.88. The van der Waals surface area contributed by atoms with Gasteiger partial charge in [0.2, 0.25) is 0 Å². The Hall–Kier alpha value is -3.35. The second kappa shape index (κ2) is 9.02. The van der Waals surface area contributed by atoms with Gasteiger partial charge < -0.3 is 19.9 Å². The standard InChI is InChI=1S/C28H27ClN4OS/c1-16-8-10-21(13-17(16)2)33-27(26(31-28(33)35)23-7-5-6-12-30-23)22-14-18(3)32(19(22)4)24-15-20(29)9-11-25(24)34/h5-15,26-27,34H,1-4H3,(H,31,35). The van der Waals surface area contributed by atoms with E-state index in [2.05, 4.69) is 60.2 Å². The van der Waals surface area contributed by atoms with Crippen molar-refractivity contribution in [3.05, 3.63) is 106 Å². The molecule has 1 saturated heterocycles. The first kappa shape index (κ1) is 23.4. The van der Waals surface area contributed by atoms with Gasteiger partial charge in [0.1, 0.15) is 5.75 Å². The summed E-state index contributed by atoms with van der Waals surface area (Å²) in [5, 5.41) is 15.4. The second-order valence-electron chi connectivity index (χ2n) is 9.06. The van der Waals surface area contributed by atoms with Crippen molar-refractivity contribution >= 4 is 34.6 Å². The van der Waals surface area contributed by atoms with E-state index in [4.69, 9.17) is 23.8 Å². The van der Waals surface area contributed by atoms with Crippen LogP contribution in [0.3, 0.4) is 0 Å². The Labute approximate surface area is 216 Å². The first-order chi connectivity index (χ1) is 16.8. The quantitative estimate of drug-likeness (QED) is 0.306. The molecule has 3 heterocycles. The van der Waals surface area contributed by atoms with Crippen molar-refractivity contribution in [1.82, 2.24) is 14.9 Å². The third-order valence-corrected chi connectivity index (χ3v) is 7.38. The lowest BCUT2D eigenvalue weighted by Crippen LogP contribution is -2.29. The van der Waals surface area contributed by atoms with Gasteiger partial charge in [-0.25, -0.2) is 0 Å². The van der Waals surface area contributed by atoms with Gasteiger partial charge in [0, 0.05) is 28.3 Å². The van der Waals surface area contributed by atoms with Crippen LogP contribution in [-0.4, -0.2) is 19.8 Å². The highest BCUT2D eigenvalue weighted by Gasteiger charge is 2.42. The molecular weight excluding hydrogens is 476 g/mol. The maximum atomic E-state index is 10.6. The van der Waals surface area contributed by atoms with Crippen LogP contribution in [0.15, 0.2) is 66.9 Å². The Bertz CT molecular complexity index is 1430.